The summed E-state index contributed by atoms with van der Waals surface area (Å²) in [5.41, 5.74) is 10.4. The van der Waals surface area contributed by atoms with Crippen LogP contribution < -0.4 is 5.73 Å². The molecule has 0 aliphatic heterocycles. The molecule has 0 saturated carbocycles. The maximum atomic E-state index is 5.67. The minimum Gasteiger partial charge on any atom is -0.389 e. The van der Waals surface area contributed by atoms with Crippen LogP contribution in [-0.2, 0) is 13.1 Å². The van der Waals surface area contributed by atoms with E-state index in [2.05, 4.69) is 65.1 Å². The van der Waals surface area contributed by atoms with Crippen molar-refractivity contribution in [3.63, 3.8) is 0 Å². The predicted molar refractivity (Wildman–Crippen MR) is 96.4 cm³/mol. The molecule has 0 aliphatic rings. The number of rotatable bonds is 5. The van der Waals surface area contributed by atoms with E-state index < -0.39 is 0 Å². The summed E-state index contributed by atoms with van der Waals surface area (Å²) in [6, 6.07) is 14.5. The van der Waals surface area contributed by atoms with E-state index in [1.165, 1.54) is 16.7 Å². The van der Waals surface area contributed by atoms with Gasteiger partial charge < -0.3 is 5.73 Å². The second kappa shape index (κ2) is 7.16. The lowest BCUT2D eigenvalue weighted by molar-refractivity contribution is 0.318. The predicted octanol–water partition coefficient (Wildman–Crippen LogP) is 4.02. The first-order valence-corrected chi connectivity index (χ1v) is 7.99. The highest BCUT2D eigenvalue weighted by Gasteiger charge is 2.07. The average molecular weight is 363 g/mol. The van der Waals surface area contributed by atoms with Crippen LogP contribution in [-0.4, -0.2) is 16.9 Å². The van der Waals surface area contributed by atoms with Gasteiger partial charge in [-0.2, -0.15) is 0 Å². The molecule has 0 spiro atoms. The van der Waals surface area contributed by atoms with Crippen molar-refractivity contribution >= 4 is 33.1 Å². The summed E-state index contributed by atoms with van der Waals surface area (Å²) in [6.45, 7) is 3.89. The first-order chi connectivity index (χ1) is 9.97. The molecule has 0 amide bonds. The Kier molecular flexibility index (Phi) is 5.51. The van der Waals surface area contributed by atoms with Crippen LogP contribution in [0, 0.1) is 6.92 Å². The van der Waals surface area contributed by atoms with Crippen molar-refractivity contribution in [2.75, 3.05) is 7.05 Å². The van der Waals surface area contributed by atoms with Crippen LogP contribution in [0.5, 0.6) is 0 Å². The van der Waals surface area contributed by atoms with Crippen molar-refractivity contribution in [1.29, 1.82) is 0 Å². The molecule has 0 saturated heterocycles. The molecule has 2 aromatic carbocycles. The fourth-order valence-electron chi connectivity index (χ4n) is 2.29. The summed E-state index contributed by atoms with van der Waals surface area (Å²) >= 11 is 8.61. The van der Waals surface area contributed by atoms with Crippen molar-refractivity contribution in [1.82, 2.24) is 4.90 Å². The molecule has 21 heavy (non-hydrogen) atoms. The van der Waals surface area contributed by atoms with Gasteiger partial charge in [-0.1, -0.05) is 58.5 Å². The first-order valence-electron chi connectivity index (χ1n) is 6.78. The van der Waals surface area contributed by atoms with Crippen molar-refractivity contribution in [3.05, 3.63) is 69.2 Å². The Morgan fingerprint density at radius 2 is 1.81 bits per heavy atom. The molecule has 2 N–H and O–H groups in total. The summed E-state index contributed by atoms with van der Waals surface area (Å²) < 4.78 is 1.15. The van der Waals surface area contributed by atoms with Gasteiger partial charge >= 0.3 is 0 Å². The van der Waals surface area contributed by atoms with Crippen LogP contribution >= 0.6 is 28.1 Å². The maximum Gasteiger partial charge on any atom is 0.103 e. The standard InChI is InChI=1S/C17H19BrN2S/c1-12-9-13(17(19)21)7-8-14(12)10-20(2)11-15-5-3-4-6-16(15)18/h3-9H,10-11H2,1-2H3,(H2,19,21). The summed E-state index contributed by atoms with van der Waals surface area (Å²) in [4.78, 5) is 2.74. The highest BCUT2D eigenvalue weighted by molar-refractivity contribution is 9.10. The molecule has 0 aromatic heterocycles. The molecular weight excluding hydrogens is 344 g/mol. The normalized spacial score (nSPS) is 10.9. The average Bonchev–Trinajstić information content (AvgIpc) is 2.43. The van der Waals surface area contributed by atoms with Crippen LogP contribution in [0.1, 0.15) is 22.3 Å². The van der Waals surface area contributed by atoms with Crippen molar-refractivity contribution in [3.8, 4) is 0 Å². The Morgan fingerprint density at radius 3 is 2.43 bits per heavy atom. The minimum atomic E-state index is 0.450. The summed E-state index contributed by atoms with van der Waals surface area (Å²) in [5, 5.41) is 0. The summed E-state index contributed by atoms with van der Waals surface area (Å²) in [7, 11) is 2.13. The molecule has 110 valence electrons. The van der Waals surface area contributed by atoms with Gasteiger partial charge in [0, 0.05) is 23.1 Å². The van der Waals surface area contributed by atoms with Crippen LogP contribution in [0.25, 0.3) is 0 Å². The van der Waals surface area contributed by atoms with Crippen molar-refractivity contribution in [2.24, 2.45) is 5.73 Å². The van der Waals surface area contributed by atoms with E-state index in [-0.39, 0.29) is 0 Å². The monoisotopic (exact) mass is 362 g/mol. The number of benzene rings is 2. The van der Waals surface area contributed by atoms with Gasteiger partial charge in [-0.25, -0.2) is 0 Å². The second-order valence-electron chi connectivity index (χ2n) is 5.27. The Balaban J connectivity index is 2.08. The third kappa shape index (κ3) is 4.37. The second-order valence-corrected chi connectivity index (χ2v) is 6.56. The van der Waals surface area contributed by atoms with Crippen molar-refractivity contribution in [2.45, 2.75) is 20.0 Å². The smallest absolute Gasteiger partial charge is 0.103 e. The molecule has 2 nitrogen and oxygen atoms in total. The zero-order valence-electron chi connectivity index (χ0n) is 12.3. The quantitative estimate of drug-likeness (QED) is 0.814. The summed E-state index contributed by atoms with van der Waals surface area (Å²) in [6.07, 6.45) is 0. The van der Waals surface area contributed by atoms with Gasteiger partial charge in [-0.05, 0) is 42.8 Å². The highest BCUT2D eigenvalue weighted by Crippen LogP contribution is 2.19. The lowest BCUT2D eigenvalue weighted by Gasteiger charge is -2.19. The zero-order chi connectivity index (χ0) is 15.4. The van der Waals surface area contributed by atoms with Gasteiger partial charge in [0.1, 0.15) is 4.99 Å². The van der Waals surface area contributed by atoms with Crippen LogP contribution in [0.15, 0.2) is 46.9 Å². The van der Waals surface area contributed by atoms with E-state index in [0.717, 1.165) is 23.1 Å². The van der Waals surface area contributed by atoms with Crippen LogP contribution in [0.3, 0.4) is 0 Å². The van der Waals surface area contributed by atoms with E-state index in [0.29, 0.717) is 4.99 Å². The van der Waals surface area contributed by atoms with E-state index in [1.807, 2.05) is 12.1 Å². The number of halogens is 1. The Morgan fingerprint density at radius 1 is 1.14 bits per heavy atom. The summed E-state index contributed by atoms with van der Waals surface area (Å²) in [5.74, 6) is 0. The Hall–Kier alpha value is -1.23. The largest absolute Gasteiger partial charge is 0.389 e. The fraction of sp³-hybridized carbons (Fsp3) is 0.235. The Labute approximate surface area is 140 Å². The van der Waals surface area contributed by atoms with Gasteiger partial charge in [-0.15, -0.1) is 0 Å². The van der Waals surface area contributed by atoms with E-state index >= 15 is 0 Å². The zero-order valence-corrected chi connectivity index (χ0v) is 14.7. The number of nitrogens with zero attached hydrogens (tertiary/aromatic N) is 1. The van der Waals surface area contributed by atoms with E-state index in [4.69, 9.17) is 18.0 Å². The van der Waals surface area contributed by atoms with Crippen molar-refractivity contribution < 1.29 is 0 Å². The lowest BCUT2D eigenvalue weighted by Crippen LogP contribution is -2.18. The molecule has 0 atom stereocenters. The van der Waals surface area contributed by atoms with Gasteiger partial charge in [0.15, 0.2) is 0 Å². The highest BCUT2D eigenvalue weighted by atomic mass is 79.9. The molecular formula is C17H19BrN2S. The van der Waals surface area contributed by atoms with E-state index in [1.54, 1.807) is 0 Å². The van der Waals surface area contributed by atoms with Gasteiger partial charge in [0.2, 0.25) is 0 Å². The van der Waals surface area contributed by atoms with Crippen LogP contribution in [0.2, 0.25) is 0 Å². The molecule has 2 aromatic rings. The third-order valence-electron chi connectivity index (χ3n) is 3.47. The maximum absolute atomic E-state index is 5.67. The molecule has 2 rings (SSSR count). The fourth-order valence-corrected chi connectivity index (χ4v) is 2.83. The van der Waals surface area contributed by atoms with Crippen LogP contribution in [0.4, 0.5) is 0 Å². The van der Waals surface area contributed by atoms with Gasteiger partial charge in [0.25, 0.3) is 0 Å². The molecule has 0 heterocycles. The molecule has 0 fully saturated rings. The SMILES string of the molecule is Cc1cc(C(N)=S)ccc1CN(C)Cc1ccccc1Br. The van der Waals surface area contributed by atoms with Gasteiger partial charge in [-0.3, -0.25) is 4.90 Å². The molecule has 0 radical (unpaired) electrons. The first kappa shape index (κ1) is 16.1. The van der Waals surface area contributed by atoms with Gasteiger partial charge in [0.05, 0.1) is 0 Å². The molecule has 0 aliphatic carbocycles. The molecule has 4 heteroatoms. The number of aryl methyl sites for hydroxylation is 1. The number of hydrogen-bond donors (Lipinski definition) is 1. The molecule has 0 bridgehead atoms. The number of thiocarbonyl (C=S) groups is 1. The number of nitrogens with two attached hydrogens (primary N) is 1. The van der Waals surface area contributed by atoms with E-state index in [9.17, 15) is 0 Å². The number of hydrogen-bond acceptors (Lipinski definition) is 2. The third-order valence-corrected chi connectivity index (χ3v) is 4.47. The minimum absolute atomic E-state index is 0.450. The molecule has 0 unspecified atom stereocenters. The lowest BCUT2D eigenvalue weighted by atomic mass is 10.0. The Bertz CT molecular complexity index is 655. The topological polar surface area (TPSA) is 29.3 Å².